The Morgan fingerprint density at radius 3 is 2.78 bits per heavy atom. The minimum atomic E-state index is -0.409. The molecule has 1 aromatic carbocycles. The van der Waals surface area contributed by atoms with Gasteiger partial charge < -0.3 is 10.5 Å². The molecule has 0 fully saturated rings. The van der Waals surface area contributed by atoms with Gasteiger partial charge in [-0.3, -0.25) is 4.90 Å². The topological polar surface area (TPSA) is 38.5 Å². The lowest BCUT2D eigenvalue weighted by molar-refractivity contribution is 0.108. The van der Waals surface area contributed by atoms with Gasteiger partial charge >= 0.3 is 0 Å². The second kappa shape index (κ2) is 7.69. The zero-order valence-electron chi connectivity index (χ0n) is 10.8. The van der Waals surface area contributed by atoms with Gasteiger partial charge in [0.05, 0.1) is 11.6 Å². The molecule has 0 spiro atoms. The van der Waals surface area contributed by atoms with E-state index in [1.165, 1.54) is 6.07 Å². The lowest BCUT2D eigenvalue weighted by Gasteiger charge is -2.27. The molecule has 0 aliphatic heterocycles. The highest BCUT2D eigenvalue weighted by Crippen LogP contribution is 2.23. The van der Waals surface area contributed by atoms with Gasteiger partial charge in [-0.1, -0.05) is 17.7 Å². The van der Waals surface area contributed by atoms with Gasteiger partial charge in [0.25, 0.3) is 0 Å². The molecule has 3 nitrogen and oxygen atoms in total. The van der Waals surface area contributed by atoms with Crippen LogP contribution < -0.4 is 5.73 Å². The van der Waals surface area contributed by atoms with Crippen LogP contribution in [0.2, 0.25) is 5.02 Å². The minimum Gasteiger partial charge on any atom is -0.380 e. The van der Waals surface area contributed by atoms with Gasteiger partial charge in [0, 0.05) is 25.7 Å². The van der Waals surface area contributed by atoms with E-state index in [1.807, 2.05) is 14.0 Å². The summed E-state index contributed by atoms with van der Waals surface area (Å²) in [6.45, 7) is 4.53. The fraction of sp³-hybridized carbons (Fsp3) is 0.538. The van der Waals surface area contributed by atoms with Crippen molar-refractivity contribution < 1.29 is 9.13 Å². The van der Waals surface area contributed by atoms with Gasteiger partial charge in [-0.25, -0.2) is 4.39 Å². The van der Waals surface area contributed by atoms with Crippen LogP contribution in [0, 0.1) is 5.82 Å². The van der Waals surface area contributed by atoms with Crippen LogP contribution in [0.1, 0.15) is 18.5 Å². The maximum absolute atomic E-state index is 13.1. The molecule has 1 aromatic rings. The molecule has 2 N–H and O–H groups in total. The number of hydrogen-bond donors (Lipinski definition) is 1. The summed E-state index contributed by atoms with van der Waals surface area (Å²) in [6.07, 6.45) is 0. The predicted octanol–water partition coefficient (Wildman–Crippen LogP) is 2.45. The number of rotatable bonds is 7. The Morgan fingerprint density at radius 1 is 1.50 bits per heavy atom. The van der Waals surface area contributed by atoms with Crippen LogP contribution in [-0.2, 0) is 4.74 Å². The van der Waals surface area contributed by atoms with Gasteiger partial charge in [-0.05, 0) is 31.7 Å². The first-order chi connectivity index (χ1) is 8.60. The van der Waals surface area contributed by atoms with Gasteiger partial charge in [0.15, 0.2) is 0 Å². The van der Waals surface area contributed by atoms with Crippen LogP contribution in [0.15, 0.2) is 18.2 Å². The number of halogens is 2. The molecule has 0 radical (unpaired) electrons. The largest absolute Gasteiger partial charge is 0.380 e. The monoisotopic (exact) mass is 274 g/mol. The summed E-state index contributed by atoms with van der Waals surface area (Å²) in [6, 6.07) is 4.74. The maximum atomic E-state index is 13.1. The first-order valence-corrected chi connectivity index (χ1v) is 6.41. The highest BCUT2D eigenvalue weighted by Gasteiger charge is 2.16. The van der Waals surface area contributed by atoms with Crippen molar-refractivity contribution >= 4 is 11.6 Å². The molecule has 0 saturated carbocycles. The number of ether oxygens (including phenoxy) is 1. The van der Waals surface area contributed by atoms with E-state index >= 15 is 0 Å². The van der Waals surface area contributed by atoms with E-state index in [-0.39, 0.29) is 11.1 Å². The summed E-state index contributed by atoms with van der Waals surface area (Å²) in [4.78, 5) is 2.08. The first kappa shape index (κ1) is 15.4. The van der Waals surface area contributed by atoms with E-state index in [2.05, 4.69) is 4.90 Å². The van der Waals surface area contributed by atoms with E-state index in [9.17, 15) is 4.39 Å². The fourth-order valence-electron chi connectivity index (χ4n) is 1.80. The lowest BCUT2D eigenvalue weighted by atomic mass is 10.1. The normalized spacial score (nSPS) is 13.0. The summed E-state index contributed by atoms with van der Waals surface area (Å²) >= 11 is 5.79. The molecule has 0 saturated heterocycles. The molecule has 0 aliphatic rings. The third-order valence-electron chi connectivity index (χ3n) is 2.88. The maximum Gasteiger partial charge on any atom is 0.141 e. The Balaban J connectivity index is 2.72. The molecule has 0 heterocycles. The van der Waals surface area contributed by atoms with Crippen molar-refractivity contribution in [2.45, 2.75) is 13.0 Å². The van der Waals surface area contributed by atoms with E-state index in [4.69, 9.17) is 22.1 Å². The van der Waals surface area contributed by atoms with Crippen molar-refractivity contribution in [1.29, 1.82) is 0 Å². The van der Waals surface area contributed by atoms with Crippen LogP contribution in [-0.4, -0.2) is 38.3 Å². The molecule has 0 aliphatic carbocycles. The van der Waals surface area contributed by atoms with Gasteiger partial charge in [0.1, 0.15) is 5.82 Å². The highest BCUT2D eigenvalue weighted by atomic mass is 35.5. The van der Waals surface area contributed by atoms with Crippen molar-refractivity contribution in [1.82, 2.24) is 4.90 Å². The van der Waals surface area contributed by atoms with E-state index in [0.717, 1.165) is 12.1 Å². The first-order valence-electron chi connectivity index (χ1n) is 6.03. The van der Waals surface area contributed by atoms with Crippen molar-refractivity contribution in [3.05, 3.63) is 34.6 Å². The molecular weight excluding hydrogens is 255 g/mol. The molecule has 0 aromatic heterocycles. The summed E-state index contributed by atoms with van der Waals surface area (Å²) in [5.41, 5.74) is 6.70. The lowest BCUT2D eigenvalue weighted by Crippen LogP contribution is -2.33. The molecule has 0 amide bonds. The van der Waals surface area contributed by atoms with Crippen LogP contribution in [0.3, 0.4) is 0 Å². The Labute approximate surface area is 113 Å². The zero-order chi connectivity index (χ0) is 13.5. The number of nitrogens with zero attached hydrogens (tertiary/aromatic N) is 1. The molecular formula is C13H20ClFN2O. The molecule has 1 rings (SSSR count). The summed E-state index contributed by atoms with van der Waals surface area (Å²) in [7, 11) is 1.97. The Hall–Kier alpha value is -0.680. The van der Waals surface area contributed by atoms with Crippen LogP contribution >= 0.6 is 11.6 Å². The van der Waals surface area contributed by atoms with Crippen LogP contribution in [0.25, 0.3) is 0 Å². The second-order valence-corrected chi connectivity index (χ2v) is 4.51. The Morgan fingerprint density at radius 2 is 2.22 bits per heavy atom. The Bertz CT molecular complexity index is 376. The third kappa shape index (κ3) is 4.21. The molecule has 102 valence electrons. The summed E-state index contributed by atoms with van der Waals surface area (Å²) < 4.78 is 18.4. The van der Waals surface area contributed by atoms with Crippen LogP contribution in [0.4, 0.5) is 4.39 Å². The summed E-state index contributed by atoms with van der Waals surface area (Å²) in [5, 5.41) is 0.129. The molecule has 5 heteroatoms. The third-order valence-corrected chi connectivity index (χ3v) is 3.17. The van der Waals surface area contributed by atoms with Gasteiger partial charge in [0.2, 0.25) is 0 Å². The number of benzene rings is 1. The molecule has 18 heavy (non-hydrogen) atoms. The van der Waals surface area contributed by atoms with E-state index < -0.39 is 5.82 Å². The molecule has 0 bridgehead atoms. The minimum absolute atomic E-state index is 0.0172. The quantitative estimate of drug-likeness (QED) is 0.776. The van der Waals surface area contributed by atoms with Gasteiger partial charge in [-0.2, -0.15) is 0 Å². The van der Waals surface area contributed by atoms with Crippen LogP contribution in [0.5, 0.6) is 0 Å². The number of hydrogen-bond acceptors (Lipinski definition) is 3. The number of likely N-dealkylation sites (N-methyl/N-ethyl adjacent to an activating group) is 1. The van der Waals surface area contributed by atoms with E-state index in [0.29, 0.717) is 19.8 Å². The highest BCUT2D eigenvalue weighted by molar-refractivity contribution is 6.30. The van der Waals surface area contributed by atoms with Crippen molar-refractivity contribution in [3.8, 4) is 0 Å². The van der Waals surface area contributed by atoms with Crippen molar-refractivity contribution in [2.24, 2.45) is 5.73 Å². The average molecular weight is 275 g/mol. The number of nitrogens with two attached hydrogens (primary N) is 1. The standard InChI is InChI=1S/C13H20ClFN2O/c1-3-18-7-6-17(2)13(9-16)10-4-5-12(15)11(14)8-10/h4-5,8,13H,3,6-7,9,16H2,1-2H3. The van der Waals surface area contributed by atoms with E-state index in [1.54, 1.807) is 12.1 Å². The molecule has 1 unspecified atom stereocenters. The average Bonchev–Trinajstić information content (AvgIpc) is 2.35. The fourth-order valence-corrected chi connectivity index (χ4v) is 1.99. The zero-order valence-corrected chi connectivity index (χ0v) is 11.6. The SMILES string of the molecule is CCOCCN(C)C(CN)c1ccc(F)c(Cl)c1. The molecule has 1 atom stereocenters. The summed E-state index contributed by atoms with van der Waals surface area (Å²) in [5.74, 6) is -0.409. The van der Waals surface area contributed by atoms with Gasteiger partial charge in [-0.15, -0.1) is 0 Å². The second-order valence-electron chi connectivity index (χ2n) is 4.10. The predicted molar refractivity (Wildman–Crippen MR) is 72.3 cm³/mol. The Kier molecular flexibility index (Phi) is 6.57. The van der Waals surface area contributed by atoms with Crippen molar-refractivity contribution in [2.75, 3.05) is 33.4 Å². The smallest absolute Gasteiger partial charge is 0.141 e. The van der Waals surface area contributed by atoms with Crippen molar-refractivity contribution in [3.63, 3.8) is 0 Å².